The Morgan fingerprint density at radius 3 is 2.65 bits per heavy atom. The lowest BCUT2D eigenvalue weighted by Gasteiger charge is -2.41. The van der Waals surface area contributed by atoms with Gasteiger partial charge < -0.3 is 25.0 Å². The van der Waals surface area contributed by atoms with E-state index >= 15 is 0 Å². The molecule has 4 aromatic heterocycles. The zero-order chi connectivity index (χ0) is 27.6. The number of nitrogens with one attached hydrogen (secondary N) is 2. The van der Waals surface area contributed by atoms with Crippen molar-refractivity contribution in [2.24, 2.45) is 0 Å². The lowest BCUT2D eigenvalue weighted by molar-refractivity contribution is -0.114. The van der Waals surface area contributed by atoms with Crippen LogP contribution in [-0.4, -0.2) is 81.3 Å². The van der Waals surface area contributed by atoms with Crippen molar-refractivity contribution in [1.29, 1.82) is 0 Å². The molecule has 0 bridgehead atoms. The Bertz CT molecular complexity index is 1500. The van der Waals surface area contributed by atoms with E-state index in [9.17, 15) is 9.90 Å². The van der Waals surface area contributed by atoms with E-state index in [4.69, 9.17) is 9.72 Å². The van der Waals surface area contributed by atoms with E-state index in [2.05, 4.69) is 36.1 Å². The molecule has 0 unspecified atom stereocenters. The Hall–Kier alpha value is -4.02. The SMILES string of the molecule is COc1ccc(-c2c(-c3ccnc(NC(C)=O)c3)[nH]c3cc(N4CCC(N5CCC[C@@H](O)C5)CC4)cnc23)nc1. The number of hydrogen-bond donors (Lipinski definition) is 3. The maximum absolute atomic E-state index is 11.7. The van der Waals surface area contributed by atoms with Crippen molar-refractivity contribution in [2.45, 2.75) is 44.8 Å². The smallest absolute Gasteiger partial charge is 0.222 e. The number of likely N-dealkylation sites (tertiary alicyclic amines) is 1. The summed E-state index contributed by atoms with van der Waals surface area (Å²) in [4.78, 5) is 34.0. The summed E-state index contributed by atoms with van der Waals surface area (Å²) in [6, 6.07) is 10.3. The highest BCUT2D eigenvalue weighted by atomic mass is 16.5. The molecule has 2 aliphatic heterocycles. The minimum absolute atomic E-state index is 0.176. The summed E-state index contributed by atoms with van der Waals surface area (Å²) in [5, 5.41) is 12.9. The monoisotopic (exact) mass is 541 g/mol. The molecule has 1 atom stereocenters. The predicted octanol–water partition coefficient (Wildman–Crippen LogP) is 4.08. The number of pyridine rings is 3. The van der Waals surface area contributed by atoms with Gasteiger partial charge in [-0.1, -0.05) is 0 Å². The van der Waals surface area contributed by atoms with Crippen molar-refractivity contribution in [1.82, 2.24) is 24.8 Å². The fraction of sp³-hybridized carbons (Fsp3) is 0.400. The molecule has 2 aliphatic rings. The van der Waals surface area contributed by atoms with Crippen LogP contribution in [0, 0.1) is 0 Å². The number of aromatic amines is 1. The van der Waals surface area contributed by atoms with Gasteiger partial charge in [0, 0.05) is 44.4 Å². The highest BCUT2D eigenvalue weighted by molar-refractivity contribution is 6.02. The van der Waals surface area contributed by atoms with E-state index in [1.807, 2.05) is 30.5 Å². The molecule has 0 aromatic carbocycles. The van der Waals surface area contributed by atoms with Crippen molar-refractivity contribution >= 4 is 28.4 Å². The normalized spacial score (nSPS) is 18.7. The number of piperidine rings is 2. The molecule has 4 aromatic rings. The number of H-pyrrole nitrogens is 1. The van der Waals surface area contributed by atoms with Crippen molar-refractivity contribution in [3.05, 3.63) is 48.9 Å². The third-order valence-electron chi connectivity index (χ3n) is 7.97. The van der Waals surface area contributed by atoms with Gasteiger partial charge in [-0.05, 0) is 62.6 Å². The molecule has 0 aliphatic carbocycles. The summed E-state index contributed by atoms with van der Waals surface area (Å²) in [7, 11) is 1.62. The second-order valence-corrected chi connectivity index (χ2v) is 10.7. The number of ether oxygens (including phenoxy) is 1. The molecule has 208 valence electrons. The van der Waals surface area contributed by atoms with Crippen LogP contribution in [0.4, 0.5) is 11.5 Å². The second kappa shape index (κ2) is 11.2. The lowest BCUT2D eigenvalue weighted by Crippen LogP contribution is -2.49. The first kappa shape index (κ1) is 26.2. The van der Waals surface area contributed by atoms with Crippen LogP contribution >= 0.6 is 0 Å². The minimum atomic E-state index is -0.190. The van der Waals surface area contributed by atoms with E-state index < -0.39 is 0 Å². The summed E-state index contributed by atoms with van der Waals surface area (Å²) >= 11 is 0. The van der Waals surface area contributed by atoms with Crippen LogP contribution in [0.2, 0.25) is 0 Å². The molecule has 6 rings (SSSR count). The van der Waals surface area contributed by atoms with Gasteiger partial charge in [-0.25, -0.2) is 4.98 Å². The molecular weight excluding hydrogens is 506 g/mol. The fourth-order valence-electron chi connectivity index (χ4n) is 5.99. The van der Waals surface area contributed by atoms with Gasteiger partial charge in [0.25, 0.3) is 0 Å². The van der Waals surface area contributed by atoms with E-state index in [0.29, 0.717) is 17.6 Å². The van der Waals surface area contributed by atoms with Crippen LogP contribution in [0.15, 0.2) is 48.9 Å². The number of anilines is 2. The lowest BCUT2D eigenvalue weighted by atomic mass is 9.98. The third-order valence-corrected chi connectivity index (χ3v) is 7.97. The van der Waals surface area contributed by atoms with Gasteiger partial charge in [0.1, 0.15) is 11.6 Å². The first-order valence-corrected chi connectivity index (χ1v) is 13.9. The average molecular weight is 542 g/mol. The minimum Gasteiger partial charge on any atom is -0.495 e. The highest BCUT2D eigenvalue weighted by Crippen LogP contribution is 2.38. The summed E-state index contributed by atoms with van der Waals surface area (Å²) in [5.74, 6) is 0.986. The molecule has 2 fully saturated rings. The number of rotatable bonds is 6. The van der Waals surface area contributed by atoms with E-state index in [0.717, 1.165) is 91.1 Å². The number of carbonyl (C=O) groups excluding carboxylic acids is 1. The van der Waals surface area contributed by atoms with Crippen LogP contribution in [0.3, 0.4) is 0 Å². The summed E-state index contributed by atoms with van der Waals surface area (Å²) in [6.45, 7) is 5.25. The van der Waals surface area contributed by atoms with E-state index in [1.54, 1.807) is 19.5 Å². The predicted molar refractivity (Wildman–Crippen MR) is 155 cm³/mol. The van der Waals surface area contributed by atoms with Crippen molar-refractivity contribution in [3.63, 3.8) is 0 Å². The zero-order valence-electron chi connectivity index (χ0n) is 22.9. The first-order valence-electron chi connectivity index (χ1n) is 13.9. The molecular formula is C30H35N7O3. The standard InChI is InChI=1S/C30H35N7O3/c1-19(38)34-27-14-20(7-10-31-27)29-28(25-6-5-24(40-2)17-32-25)30-26(35-29)15-22(16-33-30)36-12-8-21(9-13-36)37-11-3-4-23(39)18-37/h5-7,10,14-17,21,23,35,39H,3-4,8-9,11-13,18H2,1-2H3,(H,31,34,38)/t23-/m1/s1. The maximum Gasteiger partial charge on any atom is 0.222 e. The van der Waals surface area contributed by atoms with Gasteiger partial charge in [-0.3, -0.25) is 19.7 Å². The number of fused-ring (bicyclic) bond motifs is 1. The number of aliphatic hydroxyl groups is 1. The highest BCUT2D eigenvalue weighted by Gasteiger charge is 2.29. The van der Waals surface area contributed by atoms with Crippen molar-refractivity contribution < 1.29 is 14.6 Å². The largest absolute Gasteiger partial charge is 0.495 e. The van der Waals surface area contributed by atoms with Gasteiger partial charge in [0.2, 0.25) is 5.91 Å². The molecule has 0 spiro atoms. The molecule has 1 amide bonds. The number of amides is 1. The van der Waals surface area contributed by atoms with Crippen LogP contribution in [-0.2, 0) is 4.79 Å². The number of β-amino-alcohol motifs (C(OH)–C–C–N with tert-alkyl or cyclic N) is 1. The molecule has 6 heterocycles. The van der Waals surface area contributed by atoms with E-state index in [-0.39, 0.29) is 12.0 Å². The molecule has 2 saturated heterocycles. The van der Waals surface area contributed by atoms with Gasteiger partial charge in [0.15, 0.2) is 0 Å². The maximum atomic E-state index is 11.7. The number of methoxy groups -OCH3 is 1. The molecule has 10 heteroatoms. The number of hydrogen-bond acceptors (Lipinski definition) is 8. The first-order chi connectivity index (χ1) is 19.5. The second-order valence-electron chi connectivity index (χ2n) is 10.7. The van der Waals surface area contributed by atoms with Crippen LogP contribution in [0.25, 0.3) is 33.5 Å². The van der Waals surface area contributed by atoms with Gasteiger partial charge >= 0.3 is 0 Å². The van der Waals surface area contributed by atoms with E-state index in [1.165, 1.54) is 6.92 Å². The number of nitrogens with zero attached hydrogens (tertiary/aromatic N) is 5. The summed E-state index contributed by atoms with van der Waals surface area (Å²) < 4.78 is 5.32. The van der Waals surface area contributed by atoms with Crippen molar-refractivity contribution in [2.75, 3.05) is 43.5 Å². The van der Waals surface area contributed by atoms with Crippen LogP contribution in [0.5, 0.6) is 5.75 Å². The zero-order valence-corrected chi connectivity index (χ0v) is 22.9. The Morgan fingerprint density at radius 1 is 1.07 bits per heavy atom. The summed E-state index contributed by atoms with van der Waals surface area (Å²) in [6.07, 6.45) is 9.29. The number of aromatic nitrogens is 4. The Labute approximate surface area is 233 Å². The van der Waals surface area contributed by atoms with Gasteiger partial charge in [-0.2, -0.15) is 0 Å². The number of aliphatic hydroxyl groups excluding tert-OH is 1. The Kier molecular flexibility index (Phi) is 7.36. The van der Waals surface area contributed by atoms with Crippen molar-refractivity contribution in [3.8, 4) is 28.3 Å². The van der Waals surface area contributed by atoms with Crippen LogP contribution < -0.4 is 15.0 Å². The quantitative estimate of drug-likeness (QED) is 0.334. The van der Waals surface area contributed by atoms with Gasteiger partial charge in [-0.15, -0.1) is 0 Å². The fourth-order valence-corrected chi connectivity index (χ4v) is 5.99. The number of carbonyl (C=O) groups is 1. The molecule has 0 radical (unpaired) electrons. The van der Waals surface area contributed by atoms with Crippen LogP contribution in [0.1, 0.15) is 32.6 Å². The molecule has 40 heavy (non-hydrogen) atoms. The third kappa shape index (κ3) is 5.37. The van der Waals surface area contributed by atoms with Gasteiger partial charge in [0.05, 0.1) is 59.3 Å². The summed E-state index contributed by atoms with van der Waals surface area (Å²) in [5.41, 5.74) is 6.20. The average Bonchev–Trinajstić information content (AvgIpc) is 3.36. The molecule has 0 saturated carbocycles. The Balaban J connectivity index is 1.33. The molecule has 3 N–H and O–H groups in total. The topological polar surface area (TPSA) is 119 Å². The Morgan fingerprint density at radius 2 is 1.93 bits per heavy atom. The molecule has 10 nitrogen and oxygen atoms in total.